The summed E-state index contributed by atoms with van der Waals surface area (Å²) in [6.45, 7) is 4.94. The summed E-state index contributed by atoms with van der Waals surface area (Å²) in [5, 5.41) is 23.2. The maximum atomic E-state index is 12.5. The summed E-state index contributed by atoms with van der Waals surface area (Å²) in [4.78, 5) is 24.6. The number of unbranched alkanes of at least 4 members (excludes halogenated alkanes) is 55. The first-order valence-electron chi connectivity index (χ1n) is 37.3. The lowest BCUT2D eigenvalue weighted by Gasteiger charge is -2.20. The quantitative estimate of drug-likeness (QED) is 0.0320. The van der Waals surface area contributed by atoms with E-state index in [1.807, 2.05) is 6.08 Å². The molecule has 0 radical (unpaired) electrons. The fourth-order valence-electron chi connectivity index (χ4n) is 11.7. The summed E-state index contributed by atoms with van der Waals surface area (Å²) < 4.78 is 5.50. The minimum atomic E-state index is -0.844. The van der Waals surface area contributed by atoms with E-state index in [9.17, 15) is 19.8 Å². The summed E-state index contributed by atoms with van der Waals surface area (Å²) >= 11 is 0. The zero-order chi connectivity index (χ0) is 59.2. The van der Waals surface area contributed by atoms with Gasteiger partial charge in [0.1, 0.15) is 0 Å². The highest BCUT2D eigenvalue weighted by atomic mass is 16.5. The molecule has 0 aromatic carbocycles. The number of hydrogen-bond acceptors (Lipinski definition) is 5. The number of aliphatic hydroxyl groups is 2. The number of ether oxygens (including phenoxy) is 1. The Labute approximate surface area is 513 Å². The second-order valence-electron chi connectivity index (χ2n) is 25.6. The molecule has 0 bridgehead atoms. The molecule has 0 saturated heterocycles. The van der Waals surface area contributed by atoms with Gasteiger partial charge in [-0.2, -0.15) is 0 Å². The number of allylic oxidation sites excluding steroid dienone is 5. The van der Waals surface area contributed by atoms with Gasteiger partial charge in [0, 0.05) is 12.8 Å². The Hall–Kier alpha value is -1.92. The van der Waals surface area contributed by atoms with Crippen LogP contribution in [-0.2, 0) is 14.3 Å². The molecule has 484 valence electrons. The first-order chi connectivity index (χ1) is 40.5. The third kappa shape index (κ3) is 67.2. The van der Waals surface area contributed by atoms with E-state index in [0.29, 0.717) is 19.4 Å². The van der Waals surface area contributed by atoms with Crippen LogP contribution in [0.3, 0.4) is 0 Å². The Morgan fingerprint density at radius 1 is 0.341 bits per heavy atom. The predicted octanol–water partition coefficient (Wildman–Crippen LogP) is 24.3. The zero-order valence-electron chi connectivity index (χ0n) is 55.5. The van der Waals surface area contributed by atoms with Gasteiger partial charge in [0.25, 0.3) is 0 Å². The van der Waals surface area contributed by atoms with Crippen molar-refractivity contribution in [3.8, 4) is 0 Å². The van der Waals surface area contributed by atoms with Crippen LogP contribution in [0, 0.1) is 0 Å². The molecule has 0 aliphatic heterocycles. The summed E-state index contributed by atoms with van der Waals surface area (Å²) in [6.07, 6.45) is 92.4. The van der Waals surface area contributed by atoms with Gasteiger partial charge >= 0.3 is 5.97 Å². The number of amides is 1. The van der Waals surface area contributed by atoms with Gasteiger partial charge in [0.05, 0.1) is 25.4 Å². The van der Waals surface area contributed by atoms with Gasteiger partial charge in [0.2, 0.25) is 5.91 Å². The van der Waals surface area contributed by atoms with Crippen molar-refractivity contribution in [2.75, 3.05) is 13.2 Å². The number of aliphatic hydroxyl groups excluding tert-OH is 2. The molecule has 0 saturated carbocycles. The van der Waals surface area contributed by atoms with Gasteiger partial charge in [-0.3, -0.25) is 9.59 Å². The molecule has 0 aliphatic rings. The molecule has 0 aromatic rings. The molecule has 6 heteroatoms. The van der Waals surface area contributed by atoms with Crippen molar-refractivity contribution in [3.05, 3.63) is 36.5 Å². The van der Waals surface area contributed by atoms with Crippen molar-refractivity contribution in [2.45, 2.75) is 424 Å². The number of rotatable bonds is 70. The van der Waals surface area contributed by atoms with E-state index in [1.54, 1.807) is 6.08 Å². The third-order valence-corrected chi connectivity index (χ3v) is 17.4. The first kappa shape index (κ1) is 80.1. The van der Waals surface area contributed by atoms with Crippen LogP contribution >= 0.6 is 0 Å². The lowest BCUT2D eigenvalue weighted by molar-refractivity contribution is -0.143. The van der Waals surface area contributed by atoms with Crippen molar-refractivity contribution >= 4 is 11.9 Å². The third-order valence-electron chi connectivity index (χ3n) is 17.4. The fourth-order valence-corrected chi connectivity index (χ4v) is 11.7. The monoisotopic (exact) mass is 1150 g/mol. The smallest absolute Gasteiger partial charge is 0.305 e. The molecular weight excluding hydrogens is 1010 g/mol. The second kappa shape index (κ2) is 71.6. The molecule has 0 aromatic heterocycles. The number of carbonyl (C=O) groups excluding carboxylic acids is 2. The molecule has 0 rings (SSSR count). The van der Waals surface area contributed by atoms with Crippen LogP contribution in [0.2, 0.25) is 0 Å². The molecule has 82 heavy (non-hydrogen) atoms. The predicted molar refractivity (Wildman–Crippen MR) is 361 cm³/mol. The lowest BCUT2D eigenvalue weighted by atomic mass is 10.0. The van der Waals surface area contributed by atoms with Crippen LogP contribution in [0.15, 0.2) is 36.5 Å². The summed E-state index contributed by atoms with van der Waals surface area (Å²) in [6, 6.07) is -0.627. The molecule has 0 spiro atoms. The second-order valence-corrected chi connectivity index (χ2v) is 25.6. The highest BCUT2D eigenvalue weighted by molar-refractivity contribution is 5.76. The summed E-state index contributed by atoms with van der Waals surface area (Å²) in [5.74, 6) is -0.0456. The van der Waals surface area contributed by atoms with Gasteiger partial charge in [-0.25, -0.2) is 0 Å². The van der Waals surface area contributed by atoms with E-state index < -0.39 is 12.1 Å². The minimum Gasteiger partial charge on any atom is -0.466 e. The molecule has 0 fully saturated rings. The van der Waals surface area contributed by atoms with Crippen molar-refractivity contribution in [1.82, 2.24) is 5.32 Å². The highest BCUT2D eigenvalue weighted by Gasteiger charge is 2.18. The highest BCUT2D eigenvalue weighted by Crippen LogP contribution is 2.19. The molecule has 2 unspecified atom stereocenters. The Morgan fingerprint density at radius 2 is 0.610 bits per heavy atom. The molecular formula is C76H145NO5. The van der Waals surface area contributed by atoms with Crippen LogP contribution in [-0.4, -0.2) is 47.4 Å². The lowest BCUT2D eigenvalue weighted by Crippen LogP contribution is -2.45. The fraction of sp³-hybridized carbons (Fsp3) is 0.895. The maximum absolute atomic E-state index is 12.5. The average Bonchev–Trinajstić information content (AvgIpc) is 3.48. The van der Waals surface area contributed by atoms with E-state index >= 15 is 0 Å². The van der Waals surface area contributed by atoms with Gasteiger partial charge in [0.15, 0.2) is 0 Å². The Kier molecular flexibility index (Phi) is 69.9. The number of hydrogen-bond donors (Lipinski definition) is 3. The topological polar surface area (TPSA) is 95.9 Å². The van der Waals surface area contributed by atoms with Gasteiger partial charge < -0.3 is 20.3 Å². The van der Waals surface area contributed by atoms with Crippen LogP contribution < -0.4 is 5.32 Å². The standard InChI is InChI=1S/C76H145NO5/c1-3-5-7-9-11-13-15-17-19-37-41-44-48-52-56-60-64-68-74(79)73(72-78)77-75(80)69-65-61-57-53-49-45-42-38-35-33-31-29-27-25-23-21-20-22-24-26-28-30-32-34-36-39-43-47-51-55-59-63-67-71-82-76(81)70-66-62-58-54-50-46-40-18-16-14-12-10-8-6-4-2/h24,26,30,32,64,68,73-74,78-79H,3-23,25,27-29,31,33-63,65-67,69-72H2,1-2H3,(H,77,80)/b26-24-,32-30-,68-64+. The Balaban J connectivity index is 3.39. The average molecular weight is 1150 g/mol. The van der Waals surface area contributed by atoms with Gasteiger partial charge in [-0.15, -0.1) is 0 Å². The SMILES string of the molecule is CCCCCCCCCCCCCCCCC/C=C/C(O)C(CO)NC(=O)CCCCCCCCCCCCCCCCCCC/C=C\C/C=C\CCCCCCCCCCCOC(=O)CCCCCCCCCCCCCCCCC. The molecule has 0 heterocycles. The van der Waals surface area contributed by atoms with E-state index in [-0.39, 0.29) is 18.5 Å². The van der Waals surface area contributed by atoms with Crippen LogP contribution in [0.1, 0.15) is 412 Å². The molecule has 2 atom stereocenters. The number of carbonyl (C=O) groups is 2. The number of nitrogens with one attached hydrogen (secondary N) is 1. The summed E-state index contributed by atoms with van der Waals surface area (Å²) in [7, 11) is 0. The summed E-state index contributed by atoms with van der Waals surface area (Å²) in [5.41, 5.74) is 0. The Bertz CT molecular complexity index is 1330. The van der Waals surface area contributed by atoms with Crippen LogP contribution in [0.5, 0.6) is 0 Å². The normalized spacial score (nSPS) is 12.7. The number of esters is 1. The van der Waals surface area contributed by atoms with E-state index in [2.05, 4.69) is 43.5 Å². The molecule has 1 amide bonds. The van der Waals surface area contributed by atoms with Crippen LogP contribution in [0.25, 0.3) is 0 Å². The zero-order valence-corrected chi connectivity index (χ0v) is 55.5. The van der Waals surface area contributed by atoms with E-state index in [4.69, 9.17) is 4.74 Å². The van der Waals surface area contributed by atoms with Crippen molar-refractivity contribution in [3.63, 3.8) is 0 Å². The molecule has 0 aliphatic carbocycles. The van der Waals surface area contributed by atoms with Crippen molar-refractivity contribution in [1.29, 1.82) is 0 Å². The van der Waals surface area contributed by atoms with Crippen molar-refractivity contribution < 1.29 is 24.5 Å². The maximum Gasteiger partial charge on any atom is 0.305 e. The van der Waals surface area contributed by atoms with Gasteiger partial charge in [-0.1, -0.05) is 371 Å². The first-order valence-corrected chi connectivity index (χ1v) is 37.3. The van der Waals surface area contributed by atoms with Gasteiger partial charge in [-0.05, 0) is 64.2 Å². The Morgan fingerprint density at radius 3 is 0.927 bits per heavy atom. The van der Waals surface area contributed by atoms with E-state index in [0.717, 1.165) is 44.9 Å². The molecule has 6 nitrogen and oxygen atoms in total. The van der Waals surface area contributed by atoms with E-state index in [1.165, 1.54) is 340 Å². The van der Waals surface area contributed by atoms with Crippen molar-refractivity contribution in [2.24, 2.45) is 0 Å². The minimum absolute atomic E-state index is 0.0174. The molecule has 3 N–H and O–H groups in total. The van der Waals surface area contributed by atoms with Crippen LogP contribution in [0.4, 0.5) is 0 Å². The largest absolute Gasteiger partial charge is 0.466 e.